The van der Waals surface area contributed by atoms with E-state index in [1.807, 2.05) is 16.8 Å². The minimum atomic E-state index is -0.659. The minimum absolute atomic E-state index is 0.0314. The van der Waals surface area contributed by atoms with Crippen LogP contribution in [-0.4, -0.2) is 15.8 Å². The second-order valence-electron chi connectivity index (χ2n) is 4.03. The van der Waals surface area contributed by atoms with Crippen LogP contribution < -0.4 is 5.32 Å². The molecule has 0 saturated carbocycles. The minimum Gasteiger partial charge on any atom is -0.345 e. The Morgan fingerprint density at radius 1 is 1.60 bits per heavy atom. The summed E-state index contributed by atoms with van der Waals surface area (Å²) in [5.41, 5.74) is 0.465. The first-order valence-electron chi connectivity index (χ1n) is 5.62. The molecule has 1 atom stereocenters. The number of amides is 1. The molecule has 0 bridgehead atoms. The van der Waals surface area contributed by atoms with E-state index in [-0.39, 0.29) is 22.4 Å². The average molecular weight is 312 g/mol. The second-order valence-corrected chi connectivity index (χ2v) is 5.20. The van der Waals surface area contributed by atoms with E-state index in [1.165, 1.54) is 17.4 Å². The van der Waals surface area contributed by atoms with E-state index in [0.717, 1.165) is 11.8 Å². The van der Waals surface area contributed by atoms with Crippen LogP contribution in [-0.2, 0) is 0 Å². The lowest BCUT2D eigenvalue weighted by Crippen LogP contribution is -2.27. The van der Waals surface area contributed by atoms with Gasteiger partial charge in [-0.25, -0.2) is 4.98 Å². The summed E-state index contributed by atoms with van der Waals surface area (Å²) in [6.45, 7) is 1.80. The molecule has 2 aromatic heterocycles. The normalized spacial score (nSPS) is 11.9. The molecule has 8 heteroatoms. The Morgan fingerprint density at radius 2 is 2.35 bits per heavy atom. The van der Waals surface area contributed by atoms with Gasteiger partial charge in [-0.3, -0.25) is 14.9 Å². The first kappa shape index (κ1) is 14.4. The lowest BCUT2D eigenvalue weighted by atomic mass is 10.1. The third kappa shape index (κ3) is 3.12. The molecule has 104 valence electrons. The highest BCUT2D eigenvalue weighted by Crippen LogP contribution is 2.22. The first-order chi connectivity index (χ1) is 9.49. The van der Waals surface area contributed by atoms with Gasteiger partial charge in [0.05, 0.1) is 11.0 Å². The van der Waals surface area contributed by atoms with Crippen LogP contribution >= 0.6 is 22.9 Å². The molecule has 0 aromatic carbocycles. The largest absolute Gasteiger partial charge is 0.345 e. The number of rotatable bonds is 4. The summed E-state index contributed by atoms with van der Waals surface area (Å²) in [6.07, 6.45) is 0.979. The number of carbonyl (C=O) groups is 1. The standard InChI is InChI=1S/C12H10ClN3O3S/c1-7(8-2-3-20-6-8)15-12(17)9-4-11(13)14-5-10(9)16(18)19/h2-7H,1H3,(H,15,17). The molecule has 0 aliphatic heterocycles. The fourth-order valence-corrected chi connectivity index (χ4v) is 2.54. The lowest BCUT2D eigenvalue weighted by molar-refractivity contribution is -0.385. The number of carbonyl (C=O) groups excluding carboxylic acids is 1. The van der Waals surface area contributed by atoms with Gasteiger partial charge in [0.15, 0.2) is 0 Å². The lowest BCUT2D eigenvalue weighted by Gasteiger charge is -2.12. The summed E-state index contributed by atoms with van der Waals surface area (Å²) in [5, 5.41) is 17.4. The number of nitrogens with zero attached hydrogens (tertiary/aromatic N) is 2. The molecular weight excluding hydrogens is 302 g/mol. The molecule has 20 heavy (non-hydrogen) atoms. The van der Waals surface area contributed by atoms with Gasteiger partial charge in [-0.2, -0.15) is 11.3 Å². The van der Waals surface area contributed by atoms with Crippen molar-refractivity contribution in [3.63, 3.8) is 0 Å². The number of aromatic nitrogens is 1. The van der Waals surface area contributed by atoms with Crippen molar-refractivity contribution in [2.75, 3.05) is 0 Å². The maximum atomic E-state index is 12.1. The summed E-state index contributed by atoms with van der Waals surface area (Å²) in [6, 6.07) is 2.82. The molecule has 1 N–H and O–H groups in total. The monoisotopic (exact) mass is 311 g/mol. The van der Waals surface area contributed by atoms with E-state index in [1.54, 1.807) is 6.92 Å². The third-order valence-corrected chi connectivity index (χ3v) is 3.59. The molecule has 1 amide bonds. The maximum absolute atomic E-state index is 12.1. The number of hydrogen-bond donors (Lipinski definition) is 1. The highest BCUT2D eigenvalue weighted by Gasteiger charge is 2.22. The van der Waals surface area contributed by atoms with Crippen molar-refractivity contribution in [1.82, 2.24) is 10.3 Å². The number of halogens is 1. The second kappa shape index (κ2) is 5.98. The molecule has 2 rings (SSSR count). The Labute approximate surface area is 123 Å². The van der Waals surface area contributed by atoms with Crippen LogP contribution in [0.4, 0.5) is 5.69 Å². The van der Waals surface area contributed by atoms with Crippen molar-refractivity contribution in [1.29, 1.82) is 0 Å². The number of nitrogens with one attached hydrogen (secondary N) is 1. The molecule has 0 aliphatic carbocycles. The molecule has 0 spiro atoms. The molecule has 0 fully saturated rings. The molecule has 1 unspecified atom stereocenters. The number of nitro groups is 1. The van der Waals surface area contributed by atoms with Gasteiger partial charge in [-0.05, 0) is 35.4 Å². The van der Waals surface area contributed by atoms with Crippen LogP contribution in [0.15, 0.2) is 29.1 Å². The Morgan fingerprint density at radius 3 is 2.95 bits per heavy atom. The van der Waals surface area contributed by atoms with Gasteiger partial charge in [0, 0.05) is 0 Å². The summed E-state index contributed by atoms with van der Waals surface area (Å²) in [7, 11) is 0. The Balaban J connectivity index is 2.25. The van der Waals surface area contributed by atoms with E-state index in [0.29, 0.717) is 0 Å². The Hall–Kier alpha value is -1.99. The summed E-state index contributed by atoms with van der Waals surface area (Å²) >= 11 is 7.20. The summed E-state index contributed by atoms with van der Waals surface area (Å²) in [4.78, 5) is 26.0. The zero-order valence-electron chi connectivity index (χ0n) is 10.4. The van der Waals surface area contributed by atoms with Crippen LogP contribution in [0.25, 0.3) is 0 Å². The van der Waals surface area contributed by atoms with Crippen molar-refractivity contribution in [3.05, 3.63) is 55.5 Å². The van der Waals surface area contributed by atoms with Gasteiger partial charge >= 0.3 is 0 Å². The van der Waals surface area contributed by atoms with E-state index >= 15 is 0 Å². The average Bonchev–Trinajstić information content (AvgIpc) is 2.92. The van der Waals surface area contributed by atoms with Crippen molar-refractivity contribution in [2.45, 2.75) is 13.0 Å². The quantitative estimate of drug-likeness (QED) is 0.534. The van der Waals surface area contributed by atoms with E-state index in [4.69, 9.17) is 11.6 Å². The first-order valence-corrected chi connectivity index (χ1v) is 6.94. The van der Waals surface area contributed by atoms with Crippen LogP contribution in [0.2, 0.25) is 5.15 Å². The summed E-state index contributed by atoms with van der Waals surface area (Å²) < 4.78 is 0. The van der Waals surface area contributed by atoms with Crippen LogP contribution in [0.5, 0.6) is 0 Å². The highest BCUT2D eigenvalue weighted by molar-refractivity contribution is 7.07. The van der Waals surface area contributed by atoms with Crippen LogP contribution in [0, 0.1) is 10.1 Å². The van der Waals surface area contributed by atoms with Gasteiger partial charge in [0.1, 0.15) is 16.9 Å². The fraction of sp³-hybridized carbons (Fsp3) is 0.167. The van der Waals surface area contributed by atoms with E-state index in [9.17, 15) is 14.9 Å². The third-order valence-electron chi connectivity index (χ3n) is 2.68. The molecule has 0 radical (unpaired) electrons. The van der Waals surface area contributed by atoms with Crippen molar-refractivity contribution >= 4 is 34.5 Å². The fourth-order valence-electron chi connectivity index (χ4n) is 1.63. The van der Waals surface area contributed by atoms with Crippen LogP contribution in [0.1, 0.15) is 28.9 Å². The Kier molecular flexibility index (Phi) is 4.31. The Bertz CT molecular complexity index is 645. The van der Waals surface area contributed by atoms with Crippen molar-refractivity contribution < 1.29 is 9.72 Å². The zero-order chi connectivity index (χ0) is 14.7. The van der Waals surface area contributed by atoms with Crippen molar-refractivity contribution in [2.24, 2.45) is 0 Å². The zero-order valence-corrected chi connectivity index (χ0v) is 11.9. The molecule has 6 nitrogen and oxygen atoms in total. The highest BCUT2D eigenvalue weighted by atomic mass is 35.5. The number of thiophene rings is 1. The van der Waals surface area contributed by atoms with Gasteiger partial charge in [0.25, 0.3) is 11.6 Å². The predicted octanol–water partition coefficient (Wildman–Crippen LogP) is 3.20. The van der Waals surface area contributed by atoms with Gasteiger partial charge < -0.3 is 5.32 Å². The van der Waals surface area contributed by atoms with Gasteiger partial charge in [-0.15, -0.1) is 0 Å². The summed E-state index contributed by atoms with van der Waals surface area (Å²) in [5.74, 6) is -0.556. The number of pyridine rings is 1. The smallest absolute Gasteiger partial charge is 0.300 e. The molecule has 2 heterocycles. The van der Waals surface area contributed by atoms with Crippen LogP contribution in [0.3, 0.4) is 0 Å². The van der Waals surface area contributed by atoms with E-state index < -0.39 is 10.8 Å². The van der Waals surface area contributed by atoms with Gasteiger partial charge in [-0.1, -0.05) is 11.6 Å². The molecule has 2 aromatic rings. The molecule has 0 aliphatic rings. The van der Waals surface area contributed by atoms with Gasteiger partial charge in [0.2, 0.25) is 0 Å². The predicted molar refractivity (Wildman–Crippen MR) is 76.1 cm³/mol. The molecular formula is C12H10ClN3O3S. The molecule has 0 saturated heterocycles. The number of hydrogen-bond acceptors (Lipinski definition) is 5. The maximum Gasteiger partial charge on any atom is 0.300 e. The van der Waals surface area contributed by atoms with Crippen molar-refractivity contribution in [3.8, 4) is 0 Å². The van der Waals surface area contributed by atoms with E-state index in [2.05, 4.69) is 10.3 Å². The SMILES string of the molecule is CC(NC(=O)c1cc(Cl)ncc1[N+](=O)[O-])c1ccsc1. The topological polar surface area (TPSA) is 85.1 Å².